The molecule has 1 fully saturated rings. The minimum Gasteiger partial charge on any atom is -0.481 e. The van der Waals surface area contributed by atoms with Crippen LogP contribution in [0.25, 0.3) is 0 Å². The number of carbonyl (C=O) groups is 2. The van der Waals surface area contributed by atoms with E-state index in [1.165, 1.54) is 6.92 Å². The lowest BCUT2D eigenvalue weighted by atomic mass is 10.0. The number of carbonyl (C=O) groups excluding carboxylic acids is 1. The Bertz CT molecular complexity index is 241. The van der Waals surface area contributed by atoms with E-state index in [9.17, 15) is 9.59 Å². The Hall–Kier alpha value is -1.10. The van der Waals surface area contributed by atoms with Crippen molar-refractivity contribution < 1.29 is 19.4 Å². The van der Waals surface area contributed by atoms with Gasteiger partial charge in [-0.3, -0.25) is 9.59 Å². The number of ether oxygens (including phenoxy) is 1. The minimum atomic E-state index is -0.896. The fourth-order valence-electron chi connectivity index (χ4n) is 1.78. The zero-order valence-corrected chi connectivity index (χ0v) is 8.40. The highest BCUT2D eigenvalue weighted by Crippen LogP contribution is 2.19. The van der Waals surface area contributed by atoms with Gasteiger partial charge in [-0.1, -0.05) is 0 Å². The highest BCUT2D eigenvalue weighted by atomic mass is 16.5. The highest BCUT2D eigenvalue weighted by Gasteiger charge is 2.38. The molecule has 1 heterocycles. The van der Waals surface area contributed by atoms with Gasteiger partial charge in [0.25, 0.3) is 0 Å². The number of rotatable bonds is 3. The Kier molecular flexibility index (Phi) is 3.46. The first kappa shape index (κ1) is 11.0. The molecular weight excluding hydrogens is 186 g/mol. The average Bonchev–Trinajstić information content (AvgIpc) is 2.53. The van der Waals surface area contributed by atoms with Gasteiger partial charge in [0, 0.05) is 13.5 Å². The molecule has 80 valence electrons. The van der Waals surface area contributed by atoms with Crippen LogP contribution in [-0.2, 0) is 14.3 Å². The summed E-state index contributed by atoms with van der Waals surface area (Å²) in [5.74, 6) is -1.58. The fraction of sp³-hybridized carbons (Fsp3) is 0.778. The van der Waals surface area contributed by atoms with Crippen LogP contribution in [0.15, 0.2) is 0 Å². The van der Waals surface area contributed by atoms with Crippen LogP contribution < -0.4 is 0 Å². The van der Waals surface area contributed by atoms with Gasteiger partial charge >= 0.3 is 5.97 Å². The lowest BCUT2D eigenvalue weighted by Gasteiger charge is -2.27. The van der Waals surface area contributed by atoms with Gasteiger partial charge in [-0.05, 0) is 6.92 Å². The molecule has 0 spiro atoms. The topological polar surface area (TPSA) is 66.8 Å². The molecule has 1 saturated heterocycles. The zero-order chi connectivity index (χ0) is 10.7. The summed E-state index contributed by atoms with van der Waals surface area (Å²) >= 11 is 0. The maximum atomic E-state index is 11.2. The van der Waals surface area contributed by atoms with Gasteiger partial charge in [0.2, 0.25) is 5.91 Å². The number of aliphatic carboxylic acids is 1. The van der Waals surface area contributed by atoms with Crippen LogP contribution in [0.3, 0.4) is 0 Å². The molecule has 0 aromatic heterocycles. The molecule has 1 aliphatic rings. The summed E-state index contributed by atoms with van der Waals surface area (Å²) < 4.78 is 5.09. The second-order valence-electron chi connectivity index (χ2n) is 3.35. The van der Waals surface area contributed by atoms with E-state index in [4.69, 9.17) is 9.84 Å². The first-order valence-electron chi connectivity index (χ1n) is 4.65. The van der Waals surface area contributed by atoms with Crippen molar-refractivity contribution in [2.75, 3.05) is 19.8 Å². The molecule has 2 unspecified atom stereocenters. The second-order valence-corrected chi connectivity index (χ2v) is 3.35. The predicted octanol–water partition coefficient (Wildman–Crippen LogP) is -0.0456. The summed E-state index contributed by atoms with van der Waals surface area (Å²) in [4.78, 5) is 23.6. The van der Waals surface area contributed by atoms with Crippen LogP contribution in [0.5, 0.6) is 0 Å². The third-order valence-electron chi connectivity index (χ3n) is 2.51. The van der Waals surface area contributed by atoms with Crippen LogP contribution in [0, 0.1) is 5.92 Å². The Morgan fingerprint density at radius 3 is 2.57 bits per heavy atom. The molecule has 0 radical (unpaired) electrons. The molecule has 0 saturated carbocycles. The number of amides is 1. The maximum absolute atomic E-state index is 11.2. The summed E-state index contributed by atoms with van der Waals surface area (Å²) in [7, 11) is 0. The SMILES string of the molecule is CCN(C(C)=O)C1COCC1C(=O)O. The van der Waals surface area contributed by atoms with E-state index in [0.717, 1.165) is 0 Å². The van der Waals surface area contributed by atoms with Crippen molar-refractivity contribution in [1.82, 2.24) is 4.90 Å². The lowest BCUT2D eigenvalue weighted by molar-refractivity contribution is -0.144. The highest BCUT2D eigenvalue weighted by molar-refractivity contribution is 5.76. The van der Waals surface area contributed by atoms with Gasteiger partial charge in [-0.2, -0.15) is 0 Å². The van der Waals surface area contributed by atoms with Crippen molar-refractivity contribution in [1.29, 1.82) is 0 Å². The van der Waals surface area contributed by atoms with Gasteiger partial charge in [0.05, 0.1) is 19.3 Å². The summed E-state index contributed by atoms with van der Waals surface area (Å²) in [5.41, 5.74) is 0. The molecule has 1 aliphatic heterocycles. The molecule has 14 heavy (non-hydrogen) atoms. The van der Waals surface area contributed by atoms with Crippen molar-refractivity contribution in [3.63, 3.8) is 0 Å². The van der Waals surface area contributed by atoms with Crippen LogP contribution in [-0.4, -0.2) is 47.7 Å². The number of carboxylic acids is 1. The molecule has 1 N–H and O–H groups in total. The Morgan fingerprint density at radius 2 is 2.14 bits per heavy atom. The molecule has 5 heteroatoms. The molecule has 5 nitrogen and oxygen atoms in total. The first-order chi connectivity index (χ1) is 6.57. The van der Waals surface area contributed by atoms with Crippen molar-refractivity contribution in [3.8, 4) is 0 Å². The third kappa shape index (κ3) is 2.04. The normalized spacial score (nSPS) is 26.1. The number of likely N-dealkylation sites (N-methyl/N-ethyl adjacent to an activating group) is 1. The van der Waals surface area contributed by atoms with Gasteiger partial charge in [-0.15, -0.1) is 0 Å². The largest absolute Gasteiger partial charge is 0.481 e. The average molecular weight is 201 g/mol. The van der Waals surface area contributed by atoms with Crippen LogP contribution in [0.1, 0.15) is 13.8 Å². The number of hydrogen-bond acceptors (Lipinski definition) is 3. The standard InChI is InChI=1S/C9H15NO4/c1-3-10(6(2)11)8-5-14-4-7(8)9(12)13/h7-8H,3-5H2,1-2H3,(H,12,13). The van der Waals surface area contributed by atoms with E-state index in [0.29, 0.717) is 13.2 Å². The van der Waals surface area contributed by atoms with Crippen LogP contribution in [0.2, 0.25) is 0 Å². The van der Waals surface area contributed by atoms with E-state index in [-0.39, 0.29) is 18.6 Å². The first-order valence-corrected chi connectivity index (χ1v) is 4.65. The predicted molar refractivity (Wildman–Crippen MR) is 48.8 cm³/mol. The summed E-state index contributed by atoms with van der Waals surface area (Å²) in [5, 5.41) is 8.89. The molecule has 0 aliphatic carbocycles. The summed E-state index contributed by atoms with van der Waals surface area (Å²) in [6.45, 7) is 4.32. The summed E-state index contributed by atoms with van der Waals surface area (Å²) in [6, 6.07) is -0.310. The molecular formula is C9H15NO4. The van der Waals surface area contributed by atoms with E-state index >= 15 is 0 Å². The smallest absolute Gasteiger partial charge is 0.311 e. The number of carboxylic acid groups (broad SMARTS) is 1. The van der Waals surface area contributed by atoms with Gasteiger partial charge in [0.1, 0.15) is 5.92 Å². The summed E-state index contributed by atoms with van der Waals surface area (Å²) in [6.07, 6.45) is 0. The van der Waals surface area contributed by atoms with E-state index in [1.54, 1.807) is 4.90 Å². The van der Waals surface area contributed by atoms with E-state index in [1.807, 2.05) is 6.92 Å². The van der Waals surface area contributed by atoms with E-state index < -0.39 is 11.9 Å². The molecule has 0 bridgehead atoms. The quantitative estimate of drug-likeness (QED) is 0.695. The molecule has 1 rings (SSSR count). The second kappa shape index (κ2) is 4.41. The van der Waals surface area contributed by atoms with Crippen molar-refractivity contribution in [2.24, 2.45) is 5.92 Å². The monoisotopic (exact) mass is 201 g/mol. The third-order valence-corrected chi connectivity index (χ3v) is 2.51. The van der Waals surface area contributed by atoms with Crippen LogP contribution in [0.4, 0.5) is 0 Å². The fourth-order valence-corrected chi connectivity index (χ4v) is 1.78. The minimum absolute atomic E-state index is 0.103. The Labute approximate surface area is 82.6 Å². The van der Waals surface area contributed by atoms with Crippen LogP contribution >= 0.6 is 0 Å². The Morgan fingerprint density at radius 1 is 1.50 bits per heavy atom. The number of nitrogens with zero attached hydrogens (tertiary/aromatic N) is 1. The lowest BCUT2D eigenvalue weighted by Crippen LogP contribution is -2.45. The number of hydrogen-bond donors (Lipinski definition) is 1. The van der Waals surface area contributed by atoms with Crippen molar-refractivity contribution in [2.45, 2.75) is 19.9 Å². The molecule has 1 amide bonds. The van der Waals surface area contributed by atoms with Crippen molar-refractivity contribution in [3.05, 3.63) is 0 Å². The van der Waals surface area contributed by atoms with Crippen molar-refractivity contribution >= 4 is 11.9 Å². The molecule has 0 aromatic rings. The maximum Gasteiger partial charge on any atom is 0.311 e. The van der Waals surface area contributed by atoms with E-state index in [2.05, 4.69) is 0 Å². The molecule has 0 aromatic carbocycles. The Balaban J connectivity index is 2.74. The molecule has 2 atom stereocenters. The van der Waals surface area contributed by atoms with Gasteiger partial charge < -0.3 is 14.7 Å². The zero-order valence-electron chi connectivity index (χ0n) is 8.40. The van der Waals surface area contributed by atoms with Gasteiger partial charge in [-0.25, -0.2) is 0 Å². The van der Waals surface area contributed by atoms with Gasteiger partial charge in [0.15, 0.2) is 0 Å².